The summed E-state index contributed by atoms with van der Waals surface area (Å²) in [6.45, 7) is 6.61. The van der Waals surface area contributed by atoms with Gasteiger partial charge < -0.3 is 19.7 Å². The third-order valence-electron chi connectivity index (χ3n) is 7.22. The summed E-state index contributed by atoms with van der Waals surface area (Å²) in [4.78, 5) is 29.2. The Kier molecular flexibility index (Phi) is 6.22. The second kappa shape index (κ2) is 9.16. The van der Waals surface area contributed by atoms with Crippen LogP contribution >= 0.6 is 0 Å². The number of carbonyl (C=O) groups is 1. The fourth-order valence-corrected chi connectivity index (χ4v) is 5.43. The number of piperidine rings is 1. The molecule has 34 heavy (non-hydrogen) atoms. The molecule has 0 bridgehead atoms. The summed E-state index contributed by atoms with van der Waals surface area (Å²) in [6.07, 6.45) is 2.26. The van der Waals surface area contributed by atoms with E-state index in [4.69, 9.17) is 0 Å². The molecule has 2 aromatic rings. The van der Waals surface area contributed by atoms with Crippen molar-refractivity contribution in [3.05, 3.63) is 29.6 Å². The molecule has 3 aliphatic heterocycles. The van der Waals surface area contributed by atoms with E-state index in [-0.39, 0.29) is 17.7 Å². The maximum atomic E-state index is 13.5. The summed E-state index contributed by atoms with van der Waals surface area (Å²) in [5, 5.41) is 2.83. The number of imidazole rings is 1. The van der Waals surface area contributed by atoms with Gasteiger partial charge in [0.15, 0.2) is 5.69 Å². The van der Waals surface area contributed by atoms with Crippen LogP contribution in [0.4, 0.5) is 24.8 Å². The van der Waals surface area contributed by atoms with E-state index in [0.29, 0.717) is 50.5 Å². The molecule has 3 aliphatic rings. The molecule has 5 heterocycles. The fourth-order valence-electron chi connectivity index (χ4n) is 5.43. The SMILES string of the molecule is CC1CC(=O)Nc2ncnc(N3CCC(c4nc(C(F)(F)F)cn4CCN4CCCC4)CC3)c21. The van der Waals surface area contributed by atoms with Gasteiger partial charge in [-0.25, -0.2) is 15.0 Å². The van der Waals surface area contributed by atoms with Crippen LogP contribution in [0.5, 0.6) is 0 Å². The highest BCUT2D eigenvalue weighted by molar-refractivity contribution is 5.94. The molecule has 0 spiro atoms. The zero-order valence-corrected chi connectivity index (χ0v) is 19.3. The van der Waals surface area contributed by atoms with Gasteiger partial charge in [-0.3, -0.25) is 4.79 Å². The van der Waals surface area contributed by atoms with Gasteiger partial charge in [0, 0.05) is 50.3 Å². The Morgan fingerprint density at radius 3 is 2.53 bits per heavy atom. The lowest BCUT2D eigenvalue weighted by atomic mass is 9.92. The van der Waals surface area contributed by atoms with Crippen molar-refractivity contribution >= 4 is 17.5 Å². The summed E-state index contributed by atoms with van der Waals surface area (Å²) < 4.78 is 42.1. The maximum absolute atomic E-state index is 13.5. The number of rotatable bonds is 5. The van der Waals surface area contributed by atoms with Gasteiger partial charge in [0.1, 0.15) is 23.8 Å². The molecule has 0 radical (unpaired) electrons. The Labute approximate surface area is 196 Å². The number of anilines is 2. The molecule has 5 rings (SSSR count). The molecule has 11 heteroatoms. The molecular weight excluding hydrogens is 447 g/mol. The number of hydrogen-bond donors (Lipinski definition) is 1. The fraction of sp³-hybridized carbons (Fsp3) is 0.652. The normalized spacial score (nSPS) is 22.2. The van der Waals surface area contributed by atoms with Crippen molar-refractivity contribution in [3.63, 3.8) is 0 Å². The van der Waals surface area contributed by atoms with E-state index >= 15 is 0 Å². The Morgan fingerprint density at radius 1 is 1.09 bits per heavy atom. The smallest absolute Gasteiger partial charge is 0.356 e. The number of likely N-dealkylation sites (tertiary alicyclic amines) is 1. The third-order valence-corrected chi connectivity index (χ3v) is 7.22. The summed E-state index contributed by atoms with van der Waals surface area (Å²) in [5.41, 5.74) is 0.132. The minimum absolute atomic E-state index is 0.0107. The van der Waals surface area contributed by atoms with E-state index in [0.717, 1.165) is 43.9 Å². The minimum atomic E-state index is -4.45. The predicted octanol–water partition coefficient (Wildman–Crippen LogP) is 3.62. The zero-order valence-electron chi connectivity index (χ0n) is 19.3. The molecule has 1 atom stereocenters. The number of aromatic nitrogens is 4. The lowest BCUT2D eigenvalue weighted by molar-refractivity contribution is -0.141. The van der Waals surface area contributed by atoms with Crippen molar-refractivity contribution in [3.8, 4) is 0 Å². The van der Waals surface area contributed by atoms with Crippen LogP contribution < -0.4 is 10.2 Å². The van der Waals surface area contributed by atoms with Gasteiger partial charge in [-0.2, -0.15) is 13.2 Å². The molecule has 2 aromatic heterocycles. The molecule has 0 aliphatic carbocycles. The van der Waals surface area contributed by atoms with Crippen molar-refractivity contribution in [1.82, 2.24) is 24.4 Å². The molecule has 2 saturated heterocycles. The molecule has 184 valence electrons. The van der Waals surface area contributed by atoms with Crippen LogP contribution in [0.2, 0.25) is 0 Å². The number of hydrogen-bond acceptors (Lipinski definition) is 6. The molecule has 2 fully saturated rings. The van der Waals surface area contributed by atoms with Gasteiger partial charge in [0.25, 0.3) is 0 Å². The molecule has 1 N–H and O–H groups in total. The van der Waals surface area contributed by atoms with Gasteiger partial charge in [-0.05, 0) is 44.7 Å². The average molecular weight is 478 g/mol. The summed E-state index contributed by atoms with van der Waals surface area (Å²) in [6, 6.07) is 0. The maximum Gasteiger partial charge on any atom is 0.434 e. The van der Waals surface area contributed by atoms with E-state index in [2.05, 4.69) is 30.1 Å². The Bertz CT molecular complexity index is 1040. The van der Waals surface area contributed by atoms with Gasteiger partial charge in [-0.1, -0.05) is 6.92 Å². The van der Waals surface area contributed by atoms with Gasteiger partial charge in [0.05, 0.1) is 0 Å². The van der Waals surface area contributed by atoms with Crippen LogP contribution in [0.15, 0.2) is 12.5 Å². The van der Waals surface area contributed by atoms with Crippen LogP contribution in [-0.2, 0) is 17.5 Å². The van der Waals surface area contributed by atoms with Crippen molar-refractivity contribution in [2.75, 3.05) is 42.9 Å². The summed E-state index contributed by atoms with van der Waals surface area (Å²) >= 11 is 0. The van der Waals surface area contributed by atoms with Crippen molar-refractivity contribution in [2.45, 2.75) is 63.6 Å². The standard InChI is InChI=1S/C23H30F3N7O/c1-15-12-18(34)30-20-19(15)22(28-14-27-20)32-8-4-16(5-9-32)21-29-17(23(24,25)26)13-33(21)11-10-31-6-2-3-7-31/h13-16H,2-12H2,1H3,(H,27,28,30,34). The van der Waals surface area contributed by atoms with E-state index in [1.807, 2.05) is 6.92 Å². The first kappa shape index (κ1) is 23.1. The van der Waals surface area contributed by atoms with Gasteiger partial charge in [-0.15, -0.1) is 0 Å². The van der Waals surface area contributed by atoms with Crippen LogP contribution in [-0.4, -0.2) is 63.0 Å². The van der Waals surface area contributed by atoms with Crippen LogP contribution in [0.25, 0.3) is 0 Å². The summed E-state index contributed by atoms with van der Waals surface area (Å²) in [5.74, 6) is 1.82. The second-order valence-corrected chi connectivity index (χ2v) is 9.60. The Morgan fingerprint density at radius 2 is 1.82 bits per heavy atom. The monoisotopic (exact) mass is 477 g/mol. The third kappa shape index (κ3) is 4.62. The average Bonchev–Trinajstić information content (AvgIpc) is 3.47. The number of halogens is 3. The number of amides is 1. The quantitative estimate of drug-likeness (QED) is 0.709. The predicted molar refractivity (Wildman–Crippen MR) is 121 cm³/mol. The zero-order chi connectivity index (χ0) is 23.9. The largest absolute Gasteiger partial charge is 0.434 e. The van der Waals surface area contributed by atoms with Crippen LogP contribution in [0, 0.1) is 0 Å². The lowest BCUT2D eigenvalue weighted by Gasteiger charge is -2.35. The number of fused-ring (bicyclic) bond motifs is 1. The number of nitrogens with one attached hydrogen (secondary N) is 1. The first-order valence-corrected chi connectivity index (χ1v) is 12.1. The van der Waals surface area contributed by atoms with Crippen molar-refractivity contribution < 1.29 is 18.0 Å². The number of nitrogens with zero attached hydrogens (tertiary/aromatic N) is 6. The van der Waals surface area contributed by atoms with E-state index in [1.165, 1.54) is 12.5 Å². The highest BCUT2D eigenvalue weighted by atomic mass is 19.4. The Hall–Kier alpha value is -2.69. The summed E-state index contributed by atoms with van der Waals surface area (Å²) in [7, 11) is 0. The van der Waals surface area contributed by atoms with Gasteiger partial charge in [0.2, 0.25) is 5.91 Å². The highest BCUT2D eigenvalue weighted by Crippen LogP contribution is 2.39. The van der Waals surface area contributed by atoms with Crippen LogP contribution in [0.1, 0.15) is 67.9 Å². The molecular formula is C23H30F3N7O. The topological polar surface area (TPSA) is 79.2 Å². The van der Waals surface area contributed by atoms with Gasteiger partial charge >= 0.3 is 6.18 Å². The first-order chi connectivity index (χ1) is 16.3. The second-order valence-electron chi connectivity index (χ2n) is 9.60. The first-order valence-electron chi connectivity index (χ1n) is 12.1. The van der Waals surface area contributed by atoms with E-state index in [1.54, 1.807) is 4.57 Å². The molecule has 0 aromatic carbocycles. The molecule has 8 nitrogen and oxygen atoms in total. The van der Waals surface area contributed by atoms with E-state index in [9.17, 15) is 18.0 Å². The van der Waals surface area contributed by atoms with Crippen molar-refractivity contribution in [2.24, 2.45) is 0 Å². The minimum Gasteiger partial charge on any atom is -0.356 e. The molecule has 1 unspecified atom stereocenters. The van der Waals surface area contributed by atoms with E-state index < -0.39 is 11.9 Å². The highest BCUT2D eigenvalue weighted by Gasteiger charge is 2.37. The number of alkyl halides is 3. The molecule has 1 amide bonds. The Balaban J connectivity index is 1.32. The number of carbonyl (C=O) groups excluding carboxylic acids is 1. The lowest BCUT2D eigenvalue weighted by Crippen LogP contribution is -2.36. The van der Waals surface area contributed by atoms with Crippen molar-refractivity contribution in [1.29, 1.82) is 0 Å². The molecule has 0 saturated carbocycles. The van der Waals surface area contributed by atoms with Crippen LogP contribution in [0.3, 0.4) is 0 Å².